The molecule has 9 heavy (non-hydrogen) atoms. The standard InChI is InChI=1S/C5H7Br2O.Li/c1-4(2-3-8)5(6)7;/h2-3H2,1H3;/q-1;+1. The monoisotopic (exact) mass is 248 g/mol. The van der Waals surface area contributed by atoms with Gasteiger partial charge in [-0.15, -0.1) is 6.61 Å². The molecule has 0 spiro atoms. The van der Waals surface area contributed by atoms with Crippen LogP contribution in [0.2, 0.25) is 0 Å². The van der Waals surface area contributed by atoms with Crippen molar-refractivity contribution in [2.45, 2.75) is 13.3 Å². The van der Waals surface area contributed by atoms with E-state index in [1.165, 1.54) is 0 Å². The zero-order valence-electron chi connectivity index (χ0n) is 5.58. The molecule has 0 aliphatic carbocycles. The molecule has 0 unspecified atom stereocenters. The summed E-state index contributed by atoms with van der Waals surface area (Å²) in [5, 5.41) is 9.97. The summed E-state index contributed by atoms with van der Waals surface area (Å²) < 4.78 is 0.904. The van der Waals surface area contributed by atoms with E-state index >= 15 is 0 Å². The third-order valence-corrected chi connectivity index (χ3v) is 2.15. The first-order valence-electron chi connectivity index (χ1n) is 2.27. The van der Waals surface area contributed by atoms with Gasteiger partial charge >= 0.3 is 18.9 Å². The van der Waals surface area contributed by atoms with Gasteiger partial charge in [0.25, 0.3) is 0 Å². The molecule has 0 aliphatic heterocycles. The maximum absolute atomic E-state index is 9.97. The van der Waals surface area contributed by atoms with E-state index in [9.17, 15) is 5.11 Å². The molecular formula is C5H7Br2LiO. The van der Waals surface area contributed by atoms with Crippen LogP contribution in [0.1, 0.15) is 13.3 Å². The Bertz CT molecular complexity index is 99.1. The second kappa shape index (κ2) is 7.37. The zero-order chi connectivity index (χ0) is 6.57. The Balaban J connectivity index is 0. The fourth-order valence-corrected chi connectivity index (χ4v) is 0.644. The Morgan fingerprint density at radius 1 is 1.44 bits per heavy atom. The first-order valence-corrected chi connectivity index (χ1v) is 3.86. The van der Waals surface area contributed by atoms with Crippen LogP contribution in [-0.4, -0.2) is 6.61 Å². The van der Waals surface area contributed by atoms with Gasteiger partial charge in [-0.2, -0.15) is 0 Å². The van der Waals surface area contributed by atoms with Crippen molar-refractivity contribution < 1.29 is 24.0 Å². The SMILES string of the molecule is CC(CC[O-])=C(Br)Br.[Li+]. The molecule has 0 rings (SSSR count). The molecule has 0 heterocycles. The summed E-state index contributed by atoms with van der Waals surface area (Å²) in [6, 6.07) is 0. The van der Waals surface area contributed by atoms with Gasteiger partial charge in [-0.1, -0.05) is 5.57 Å². The van der Waals surface area contributed by atoms with Crippen molar-refractivity contribution in [2.75, 3.05) is 6.61 Å². The van der Waals surface area contributed by atoms with Gasteiger partial charge in [0, 0.05) is 0 Å². The molecule has 48 valence electrons. The minimum Gasteiger partial charge on any atom is -0.854 e. The van der Waals surface area contributed by atoms with E-state index in [-0.39, 0.29) is 25.5 Å². The minimum atomic E-state index is -0.0352. The fraction of sp³-hybridized carbons (Fsp3) is 0.600. The van der Waals surface area contributed by atoms with Crippen LogP contribution >= 0.6 is 31.9 Å². The van der Waals surface area contributed by atoms with Crippen LogP contribution in [0.3, 0.4) is 0 Å². The minimum absolute atomic E-state index is 0. The molecule has 0 aromatic heterocycles. The van der Waals surface area contributed by atoms with E-state index in [1.54, 1.807) is 0 Å². The molecule has 0 amide bonds. The van der Waals surface area contributed by atoms with Crippen LogP contribution in [0.15, 0.2) is 8.96 Å². The van der Waals surface area contributed by atoms with Crippen molar-refractivity contribution >= 4 is 31.9 Å². The van der Waals surface area contributed by atoms with Crippen molar-refractivity contribution in [3.8, 4) is 0 Å². The van der Waals surface area contributed by atoms with Gasteiger partial charge < -0.3 is 5.11 Å². The largest absolute Gasteiger partial charge is 1.00 e. The molecule has 0 N–H and O–H groups in total. The van der Waals surface area contributed by atoms with Crippen molar-refractivity contribution in [1.29, 1.82) is 0 Å². The first-order chi connectivity index (χ1) is 3.68. The quantitative estimate of drug-likeness (QED) is 0.562. The maximum atomic E-state index is 9.97. The molecule has 1 nitrogen and oxygen atoms in total. The van der Waals surface area contributed by atoms with Gasteiger partial charge in [0.1, 0.15) is 0 Å². The molecule has 0 radical (unpaired) electrons. The van der Waals surface area contributed by atoms with Crippen LogP contribution in [0.4, 0.5) is 0 Å². The van der Waals surface area contributed by atoms with E-state index in [4.69, 9.17) is 0 Å². The molecule has 0 atom stereocenters. The normalized spacial score (nSPS) is 8.00. The summed E-state index contributed by atoms with van der Waals surface area (Å²) in [6.45, 7) is 1.88. The van der Waals surface area contributed by atoms with Crippen molar-refractivity contribution in [1.82, 2.24) is 0 Å². The third-order valence-electron chi connectivity index (χ3n) is 0.800. The molecule has 0 aromatic rings. The molecule has 0 aliphatic rings. The van der Waals surface area contributed by atoms with E-state index in [0.717, 1.165) is 8.96 Å². The van der Waals surface area contributed by atoms with Crippen LogP contribution < -0.4 is 24.0 Å². The molecule has 4 heteroatoms. The summed E-state index contributed by atoms with van der Waals surface area (Å²) in [6.07, 6.45) is 0.617. The molecule has 0 bridgehead atoms. The van der Waals surface area contributed by atoms with Crippen LogP contribution in [0.25, 0.3) is 0 Å². The van der Waals surface area contributed by atoms with Crippen LogP contribution in [0.5, 0.6) is 0 Å². The van der Waals surface area contributed by atoms with Crippen LogP contribution in [-0.2, 0) is 0 Å². The predicted molar refractivity (Wildman–Crippen MR) is 40.0 cm³/mol. The van der Waals surface area contributed by atoms with Gasteiger partial charge in [0.2, 0.25) is 0 Å². The second-order valence-corrected chi connectivity index (χ2v) is 4.15. The summed E-state index contributed by atoms with van der Waals surface area (Å²) in [7, 11) is 0. The third kappa shape index (κ3) is 7.15. The molecule has 0 fully saturated rings. The average molecular weight is 250 g/mol. The summed E-state index contributed by atoms with van der Waals surface area (Å²) in [4.78, 5) is 0. The smallest absolute Gasteiger partial charge is 0.854 e. The Hall–Kier alpha value is 1.26. The number of hydrogen-bond acceptors (Lipinski definition) is 1. The van der Waals surface area contributed by atoms with Crippen molar-refractivity contribution in [3.05, 3.63) is 8.96 Å². The fourth-order valence-electron chi connectivity index (χ4n) is 0.248. The maximum Gasteiger partial charge on any atom is 1.00 e. The summed E-state index contributed by atoms with van der Waals surface area (Å²) in [5.74, 6) is 0. The van der Waals surface area contributed by atoms with Crippen molar-refractivity contribution in [3.63, 3.8) is 0 Å². The Morgan fingerprint density at radius 3 is 2.00 bits per heavy atom. The van der Waals surface area contributed by atoms with Gasteiger partial charge in [-0.3, -0.25) is 0 Å². The summed E-state index contributed by atoms with van der Waals surface area (Å²) in [5.41, 5.74) is 1.07. The van der Waals surface area contributed by atoms with Gasteiger partial charge in [0.15, 0.2) is 0 Å². The molecular weight excluding hydrogens is 243 g/mol. The van der Waals surface area contributed by atoms with Crippen LogP contribution in [0, 0.1) is 0 Å². The number of rotatable bonds is 2. The van der Waals surface area contributed by atoms with E-state index in [1.807, 2.05) is 6.92 Å². The Morgan fingerprint density at radius 2 is 1.89 bits per heavy atom. The molecule has 0 aromatic carbocycles. The predicted octanol–water partition coefficient (Wildman–Crippen LogP) is -1.24. The molecule has 0 saturated heterocycles. The second-order valence-electron chi connectivity index (χ2n) is 1.49. The van der Waals surface area contributed by atoms with Gasteiger partial charge in [-0.05, 0) is 45.2 Å². The van der Waals surface area contributed by atoms with E-state index in [0.29, 0.717) is 6.42 Å². The first kappa shape index (κ1) is 12.9. The van der Waals surface area contributed by atoms with Gasteiger partial charge in [0.05, 0.1) is 3.39 Å². The topological polar surface area (TPSA) is 23.1 Å². The van der Waals surface area contributed by atoms with Gasteiger partial charge in [-0.25, -0.2) is 0 Å². The number of hydrogen-bond donors (Lipinski definition) is 0. The van der Waals surface area contributed by atoms with E-state index in [2.05, 4.69) is 31.9 Å². The number of halogens is 2. The molecule has 0 saturated carbocycles. The van der Waals surface area contributed by atoms with E-state index < -0.39 is 0 Å². The summed E-state index contributed by atoms with van der Waals surface area (Å²) >= 11 is 6.40. The Kier molecular flexibility index (Phi) is 10.6. The Labute approximate surface area is 84.3 Å². The average Bonchev–Trinajstić information content (AvgIpc) is 1.67. The zero-order valence-corrected chi connectivity index (χ0v) is 8.75. The van der Waals surface area contributed by atoms with Crippen molar-refractivity contribution in [2.24, 2.45) is 0 Å².